The van der Waals surface area contributed by atoms with Gasteiger partial charge in [-0.05, 0) is 25.1 Å². The smallest absolute Gasteiger partial charge is 0.248 e. The van der Waals surface area contributed by atoms with E-state index in [0.29, 0.717) is 31.9 Å². The van der Waals surface area contributed by atoms with Crippen LogP contribution in [0.15, 0.2) is 18.2 Å². The minimum Gasteiger partial charge on any atom is -0.394 e. The number of carbonyl (C=O) groups excluding carboxylic acids is 1. The molecular formula is C13H19FN2O3. The van der Waals surface area contributed by atoms with Gasteiger partial charge in [-0.15, -0.1) is 0 Å². The van der Waals surface area contributed by atoms with E-state index in [0.717, 1.165) is 12.5 Å². The number of amides is 1. The molecule has 0 unspecified atom stereocenters. The Morgan fingerprint density at radius 2 is 2.21 bits per heavy atom. The van der Waals surface area contributed by atoms with E-state index in [2.05, 4.69) is 5.32 Å². The van der Waals surface area contributed by atoms with Gasteiger partial charge in [0, 0.05) is 24.3 Å². The highest BCUT2D eigenvalue weighted by molar-refractivity contribution is 5.92. The molecule has 0 fully saturated rings. The van der Waals surface area contributed by atoms with Crippen LogP contribution < -0.4 is 11.1 Å². The lowest BCUT2D eigenvalue weighted by Gasteiger charge is -2.07. The Bertz CT molecular complexity index is 413. The zero-order chi connectivity index (χ0) is 14.1. The average Bonchev–Trinajstić information content (AvgIpc) is 2.39. The van der Waals surface area contributed by atoms with Crippen LogP contribution in [0.4, 0.5) is 4.39 Å². The number of nitrogens with two attached hydrogens (primary N) is 1. The fourth-order valence-corrected chi connectivity index (χ4v) is 1.53. The van der Waals surface area contributed by atoms with Crippen molar-refractivity contribution in [2.45, 2.75) is 13.0 Å². The molecule has 4 N–H and O–H groups in total. The number of hydrogen-bond donors (Lipinski definition) is 3. The van der Waals surface area contributed by atoms with Crippen LogP contribution in [0, 0.1) is 5.82 Å². The van der Waals surface area contributed by atoms with E-state index < -0.39 is 11.7 Å². The standard InChI is InChI=1S/C13H19FN2O3/c14-12-8-10(13(15)18)2-3-11(12)9-16-4-1-6-19-7-5-17/h2-3,8,16-17H,1,4-7,9H2,(H2,15,18). The summed E-state index contributed by atoms with van der Waals surface area (Å²) in [5, 5.41) is 11.6. The minimum atomic E-state index is -0.639. The van der Waals surface area contributed by atoms with Crippen LogP contribution >= 0.6 is 0 Å². The number of ether oxygens (including phenoxy) is 1. The van der Waals surface area contributed by atoms with Crippen LogP contribution in [0.2, 0.25) is 0 Å². The molecule has 1 amide bonds. The number of aliphatic hydroxyl groups is 1. The number of carbonyl (C=O) groups is 1. The van der Waals surface area contributed by atoms with Crippen molar-refractivity contribution in [2.24, 2.45) is 5.73 Å². The molecule has 106 valence electrons. The topological polar surface area (TPSA) is 84.6 Å². The number of benzene rings is 1. The lowest BCUT2D eigenvalue weighted by Crippen LogP contribution is -2.18. The number of halogens is 1. The number of hydrogen-bond acceptors (Lipinski definition) is 4. The van der Waals surface area contributed by atoms with Gasteiger partial charge in [-0.2, -0.15) is 0 Å². The van der Waals surface area contributed by atoms with Gasteiger partial charge in [0.05, 0.1) is 13.2 Å². The van der Waals surface area contributed by atoms with Crippen molar-refractivity contribution in [1.29, 1.82) is 0 Å². The normalized spacial score (nSPS) is 10.6. The molecule has 1 rings (SSSR count). The van der Waals surface area contributed by atoms with Crippen molar-refractivity contribution in [1.82, 2.24) is 5.32 Å². The van der Waals surface area contributed by atoms with Gasteiger partial charge in [0.1, 0.15) is 5.82 Å². The molecular weight excluding hydrogens is 251 g/mol. The second-order valence-corrected chi connectivity index (χ2v) is 4.04. The van der Waals surface area contributed by atoms with Crippen molar-refractivity contribution in [2.75, 3.05) is 26.4 Å². The highest BCUT2D eigenvalue weighted by Gasteiger charge is 2.06. The molecule has 1 aromatic carbocycles. The SMILES string of the molecule is NC(=O)c1ccc(CNCCCOCCO)c(F)c1. The van der Waals surface area contributed by atoms with E-state index in [9.17, 15) is 9.18 Å². The van der Waals surface area contributed by atoms with Gasteiger partial charge in [-0.25, -0.2) is 4.39 Å². The summed E-state index contributed by atoms with van der Waals surface area (Å²) < 4.78 is 18.7. The van der Waals surface area contributed by atoms with Gasteiger partial charge >= 0.3 is 0 Å². The van der Waals surface area contributed by atoms with Crippen LogP contribution in [0.5, 0.6) is 0 Å². The molecule has 0 bridgehead atoms. The molecule has 5 nitrogen and oxygen atoms in total. The summed E-state index contributed by atoms with van der Waals surface area (Å²) in [6, 6.07) is 4.20. The van der Waals surface area contributed by atoms with Crippen molar-refractivity contribution in [3.8, 4) is 0 Å². The Labute approximate surface area is 111 Å². The van der Waals surface area contributed by atoms with Crippen LogP contribution in [-0.4, -0.2) is 37.4 Å². The van der Waals surface area contributed by atoms with Gasteiger partial charge in [0.15, 0.2) is 0 Å². The molecule has 0 saturated carbocycles. The summed E-state index contributed by atoms with van der Waals surface area (Å²) in [6.07, 6.45) is 0.779. The van der Waals surface area contributed by atoms with E-state index in [1.807, 2.05) is 0 Å². The Morgan fingerprint density at radius 1 is 1.42 bits per heavy atom. The average molecular weight is 270 g/mol. The Morgan fingerprint density at radius 3 is 2.84 bits per heavy atom. The van der Waals surface area contributed by atoms with Gasteiger partial charge in [0.25, 0.3) is 0 Å². The first-order chi connectivity index (χ1) is 9.15. The summed E-state index contributed by atoms with van der Waals surface area (Å²) in [5.41, 5.74) is 5.71. The summed E-state index contributed by atoms with van der Waals surface area (Å²) in [7, 11) is 0. The third-order valence-corrected chi connectivity index (χ3v) is 2.53. The van der Waals surface area contributed by atoms with Crippen molar-refractivity contribution in [3.63, 3.8) is 0 Å². The number of aliphatic hydroxyl groups excluding tert-OH is 1. The molecule has 6 heteroatoms. The molecule has 0 aliphatic carbocycles. The highest BCUT2D eigenvalue weighted by atomic mass is 19.1. The highest BCUT2D eigenvalue weighted by Crippen LogP contribution is 2.09. The number of nitrogens with one attached hydrogen (secondary N) is 1. The van der Waals surface area contributed by atoms with Gasteiger partial charge in [-0.3, -0.25) is 4.79 Å². The molecule has 0 atom stereocenters. The monoisotopic (exact) mass is 270 g/mol. The van der Waals surface area contributed by atoms with Crippen LogP contribution in [0.25, 0.3) is 0 Å². The fraction of sp³-hybridized carbons (Fsp3) is 0.462. The van der Waals surface area contributed by atoms with Crippen molar-refractivity contribution in [3.05, 3.63) is 35.1 Å². The van der Waals surface area contributed by atoms with E-state index in [1.165, 1.54) is 6.07 Å². The zero-order valence-corrected chi connectivity index (χ0v) is 10.7. The largest absolute Gasteiger partial charge is 0.394 e. The van der Waals surface area contributed by atoms with Crippen LogP contribution in [-0.2, 0) is 11.3 Å². The van der Waals surface area contributed by atoms with E-state index >= 15 is 0 Å². The lowest BCUT2D eigenvalue weighted by atomic mass is 10.1. The van der Waals surface area contributed by atoms with E-state index in [4.69, 9.17) is 15.6 Å². The molecule has 19 heavy (non-hydrogen) atoms. The van der Waals surface area contributed by atoms with Gasteiger partial charge in [-0.1, -0.05) is 6.07 Å². The minimum absolute atomic E-state index is 0.0187. The second-order valence-electron chi connectivity index (χ2n) is 4.04. The summed E-state index contributed by atoms with van der Waals surface area (Å²) in [4.78, 5) is 10.9. The van der Waals surface area contributed by atoms with Crippen LogP contribution in [0.3, 0.4) is 0 Å². The predicted molar refractivity (Wildman–Crippen MR) is 69.1 cm³/mol. The maximum absolute atomic E-state index is 13.6. The van der Waals surface area contributed by atoms with E-state index in [1.54, 1.807) is 6.07 Å². The van der Waals surface area contributed by atoms with E-state index in [-0.39, 0.29) is 12.2 Å². The quantitative estimate of drug-likeness (QED) is 0.568. The van der Waals surface area contributed by atoms with Gasteiger partial charge < -0.3 is 20.9 Å². The van der Waals surface area contributed by atoms with Crippen molar-refractivity contribution >= 4 is 5.91 Å². The first-order valence-corrected chi connectivity index (χ1v) is 6.12. The molecule has 0 spiro atoms. The van der Waals surface area contributed by atoms with Gasteiger partial charge in [0.2, 0.25) is 5.91 Å². The Hall–Kier alpha value is -1.50. The third-order valence-electron chi connectivity index (χ3n) is 2.53. The second kappa shape index (κ2) is 8.58. The molecule has 0 aliphatic rings. The number of primary amides is 1. The first kappa shape index (κ1) is 15.6. The predicted octanol–water partition coefficient (Wildman–Crippen LogP) is 0.413. The first-order valence-electron chi connectivity index (χ1n) is 6.12. The molecule has 0 aromatic heterocycles. The lowest BCUT2D eigenvalue weighted by molar-refractivity contribution is 0.0907. The fourth-order valence-electron chi connectivity index (χ4n) is 1.53. The molecule has 0 radical (unpaired) electrons. The molecule has 0 aliphatic heterocycles. The molecule has 0 saturated heterocycles. The Balaban J connectivity index is 2.28. The summed E-state index contributed by atoms with van der Waals surface area (Å²) in [6.45, 7) is 1.97. The third kappa shape index (κ3) is 5.78. The number of rotatable bonds is 9. The summed E-state index contributed by atoms with van der Waals surface area (Å²) in [5.74, 6) is -1.08. The zero-order valence-electron chi connectivity index (χ0n) is 10.7. The summed E-state index contributed by atoms with van der Waals surface area (Å²) >= 11 is 0. The maximum Gasteiger partial charge on any atom is 0.248 e. The molecule has 1 aromatic rings. The maximum atomic E-state index is 13.6. The molecule has 0 heterocycles. The Kier molecular flexibility index (Phi) is 7.02. The van der Waals surface area contributed by atoms with Crippen molar-refractivity contribution < 1.29 is 19.0 Å². The van der Waals surface area contributed by atoms with Crippen LogP contribution in [0.1, 0.15) is 22.3 Å².